The minimum atomic E-state index is -0.183. The van der Waals surface area contributed by atoms with E-state index in [1.807, 2.05) is 13.0 Å². The van der Waals surface area contributed by atoms with Gasteiger partial charge in [-0.1, -0.05) is 13.0 Å². The van der Waals surface area contributed by atoms with Crippen LogP contribution in [0.15, 0.2) is 18.2 Å². The van der Waals surface area contributed by atoms with Crippen LogP contribution in [0.5, 0.6) is 0 Å². The first-order valence-electron chi connectivity index (χ1n) is 5.59. The maximum absolute atomic E-state index is 12.9. The number of hydrogen-bond donors (Lipinski definition) is 1. The highest BCUT2D eigenvalue weighted by atomic mass is 19.1. The summed E-state index contributed by atoms with van der Waals surface area (Å²) in [6, 6.07) is 5.21. The summed E-state index contributed by atoms with van der Waals surface area (Å²) in [6.45, 7) is 4.76. The first kappa shape index (κ1) is 12.7. The molecule has 0 amide bonds. The van der Waals surface area contributed by atoms with Crippen LogP contribution in [0.3, 0.4) is 0 Å². The van der Waals surface area contributed by atoms with Crippen LogP contribution in [0, 0.1) is 25.1 Å². The van der Waals surface area contributed by atoms with Crippen LogP contribution in [0.25, 0.3) is 0 Å². The van der Waals surface area contributed by atoms with E-state index in [1.54, 1.807) is 6.07 Å². The zero-order chi connectivity index (χ0) is 12.0. The monoisotopic (exact) mass is 219 g/mol. The predicted octanol–water partition coefficient (Wildman–Crippen LogP) is 3.03. The van der Waals surface area contributed by atoms with Gasteiger partial charge in [-0.25, -0.2) is 4.39 Å². The van der Waals surface area contributed by atoms with Gasteiger partial charge in [0, 0.05) is 19.0 Å². The van der Waals surface area contributed by atoms with E-state index < -0.39 is 0 Å². The smallest absolute Gasteiger partial charge is 0.123 e. The zero-order valence-corrected chi connectivity index (χ0v) is 9.89. The highest BCUT2D eigenvalue weighted by molar-refractivity contribution is 5.26. The molecule has 16 heavy (non-hydrogen) atoms. The van der Waals surface area contributed by atoms with Crippen molar-refractivity contribution < 1.29 is 4.39 Å². The fourth-order valence-corrected chi connectivity index (χ4v) is 1.62. The molecule has 2 heteroatoms. The van der Waals surface area contributed by atoms with Crippen LogP contribution in [0.2, 0.25) is 0 Å². The van der Waals surface area contributed by atoms with E-state index in [2.05, 4.69) is 18.2 Å². The minimum Gasteiger partial charge on any atom is -0.309 e. The Morgan fingerprint density at radius 2 is 2.25 bits per heavy atom. The Balaban J connectivity index is 2.57. The van der Waals surface area contributed by atoms with Gasteiger partial charge in [0.15, 0.2) is 0 Å². The summed E-state index contributed by atoms with van der Waals surface area (Å²) < 4.78 is 12.9. The van der Waals surface area contributed by atoms with Crippen molar-refractivity contribution in [3.05, 3.63) is 35.1 Å². The number of aryl methyl sites for hydroxylation is 1. The maximum Gasteiger partial charge on any atom is 0.123 e. The summed E-state index contributed by atoms with van der Waals surface area (Å²) in [5, 5.41) is 3.38. The van der Waals surface area contributed by atoms with E-state index in [4.69, 9.17) is 6.42 Å². The molecule has 0 radical (unpaired) electrons. The van der Waals surface area contributed by atoms with Crippen molar-refractivity contribution in [3.63, 3.8) is 0 Å². The lowest BCUT2D eigenvalue weighted by Gasteiger charge is -2.15. The fourth-order valence-electron chi connectivity index (χ4n) is 1.62. The molecule has 86 valence electrons. The van der Waals surface area contributed by atoms with Crippen LogP contribution in [-0.4, -0.2) is 6.04 Å². The third-order valence-corrected chi connectivity index (χ3v) is 2.74. The quantitative estimate of drug-likeness (QED) is 0.751. The lowest BCUT2D eigenvalue weighted by molar-refractivity contribution is 0.505. The highest BCUT2D eigenvalue weighted by Crippen LogP contribution is 2.10. The van der Waals surface area contributed by atoms with Crippen molar-refractivity contribution in [2.24, 2.45) is 0 Å². The molecule has 0 saturated carbocycles. The average Bonchev–Trinajstić information content (AvgIpc) is 2.26. The van der Waals surface area contributed by atoms with Crippen molar-refractivity contribution in [2.45, 2.75) is 39.3 Å². The van der Waals surface area contributed by atoms with E-state index in [0.29, 0.717) is 6.04 Å². The zero-order valence-electron chi connectivity index (χ0n) is 9.89. The van der Waals surface area contributed by atoms with E-state index in [9.17, 15) is 4.39 Å². The van der Waals surface area contributed by atoms with Gasteiger partial charge in [-0.2, -0.15) is 0 Å². The molecule has 1 aromatic carbocycles. The standard InChI is InChI=1S/C14H18FN/c1-4-6-14(5-2)16-10-12-7-8-13(15)9-11(12)3/h1,7-9,14,16H,5-6,10H2,2-3H3. The molecule has 0 bridgehead atoms. The Morgan fingerprint density at radius 1 is 1.50 bits per heavy atom. The Morgan fingerprint density at radius 3 is 2.81 bits per heavy atom. The number of nitrogens with one attached hydrogen (secondary N) is 1. The second kappa shape index (κ2) is 6.30. The van der Waals surface area contributed by atoms with Crippen molar-refractivity contribution in [3.8, 4) is 12.3 Å². The number of benzene rings is 1. The maximum atomic E-state index is 12.9. The summed E-state index contributed by atoms with van der Waals surface area (Å²) in [5.74, 6) is 2.47. The van der Waals surface area contributed by atoms with Gasteiger partial charge in [0.2, 0.25) is 0 Å². The molecule has 0 heterocycles. The normalized spacial score (nSPS) is 12.1. The molecule has 0 spiro atoms. The largest absolute Gasteiger partial charge is 0.309 e. The lowest BCUT2D eigenvalue weighted by Crippen LogP contribution is -2.27. The number of terminal acetylenes is 1. The first-order valence-corrected chi connectivity index (χ1v) is 5.59. The summed E-state index contributed by atoms with van der Waals surface area (Å²) >= 11 is 0. The van der Waals surface area contributed by atoms with Crippen LogP contribution in [0.1, 0.15) is 30.9 Å². The second-order valence-electron chi connectivity index (χ2n) is 3.97. The molecule has 0 aliphatic carbocycles. The van der Waals surface area contributed by atoms with Gasteiger partial charge in [-0.3, -0.25) is 0 Å². The minimum absolute atomic E-state index is 0.183. The molecule has 1 atom stereocenters. The predicted molar refractivity (Wildman–Crippen MR) is 65.5 cm³/mol. The van der Waals surface area contributed by atoms with Crippen molar-refractivity contribution >= 4 is 0 Å². The van der Waals surface area contributed by atoms with Gasteiger partial charge >= 0.3 is 0 Å². The third kappa shape index (κ3) is 3.67. The molecule has 0 fully saturated rings. The Bertz CT molecular complexity index is 379. The SMILES string of the molecule is C#CCC(CC)NCc1ccc(F)cc1C. The van der Waals surface area contributed by atoms with E-state index >= 15 is 0 Å². The van der Waals surface area contributed by atoms with Crippen LogP contribution >= 0.6 is 0 Å². The van der Waals surface area contributed by atoms with Crippen LogP contribution < -0.4 is 5.32 Å². The molecular weight excluding hydrogens is 201 g/mol. The first-order chi connectivity index (χ1) is 7.67. The van der Waals surface area contributed by atoms with Crippen molar-refractivity contribution in [1.29, 1.82) is 0 Å². The Hall–Kier alpha value is -1.33. The van der Waals surface area contributed by atoms with E-state index in [1.165, 1.54) is 6.07 Å². The van der Waals surface area contributed by atoms with E-state index in [-0.39, 0.29) is 5.82 Å². The molecule has 1 nitrogen and oxygen atoms in total. The second-order valence-corrected chi connectivity index (χ2v) is 3.97. The summed E-state index contributed by atoms with van der Waals surface area (Å²) in [6.07, 6.45) is 7.02. The molecule has 0 aliphatic heterocycles. The topological polar surface area (TPSA) is 12.0 Å². The van der Waals surface area contributed by atoms with E-state index in [0.717, 1.165) is 30.5 Å². The van der Waals surface area contributed by atoms with Crippen LogP contribution in [-0.2, 0) is 6.54 Å². The molecular formula is C14H18FN. The molecule has 1 aromatic rings. The fraction of sp³-hybridized carbons (Fsp3) is 0.429. The van der Waals surface area contributed by atoms with Gasteiger partial charge in [-0.15, -0.1) is 12.3 Å². The molecule has 0 saturated heterocycles. The lowest BCUT2D eigenvalue weighted by atomic mass is 10.1. The number of halogens is 1. The summed E-state index contributed by atoms with van der Waals surface area (Å²) in [4.78, 5) is 0. The molecule has 1 unspecified atom stereocenters. The Kier molecular flexibility index (Phi) is 5.01. The third-order valence-electron chi connectivity index (χ3n) is 2.74. The van der Waals surface area contributed by atoms with Crippen molar-refractivity contribution in [1.82, 2.24) is 5.32 Å². The Labute approximate surface area is 97.1 Å². The average molecular weight is 219 g/mol. The molecule has 1 N–H and O–H groups in total. The summed E-state index contributed by atoms with van der Waals surface area (Å²) in [7, 11) is 0. The van der Waals surface area contributed by atoms with Gasteiger partial charge in [-0.05, 0) is 36.6 Å². The van der Waals surface area contributed by atoms with Crippen LogP contribution in [0.4, 0.5) is 4.39 Å². The van der Waals surface area contributed by atoms with Crippen molar-refractivity contribution in [2.75, 3.05) is 0 Å². The van der Waals surface area contributed by atoms with Gasteiger partial charge < -0.3 is 5.32 Å². The molecule has 1 rings (SSSR count). The number of hydrogen-bond acceptors (Lipinski definition) is 1. The summed E-state index contributed by atoms with van der Waals surface area (Å²) in [5.41, 5.74) is 2.10. The molecule has 0 aliphatic rings. The highest BCUT2D eigenvalue weighted by Gasteiger charge is 2.05. The number of rotatable bonds is 5. The van der Waals surface area contributed by atoms with Gasteiger partial charge in [0.05, 0.1) is 0 Å². The van der Waals surface area contributed by atoms with Gasteiger partial charge in [0.25, 0.3) is 0 Å². The van der Waals surface area contributed by atoms with Gasteiger partial charge in [0.1, 0.15) is 5.82 Å². The molecule has 0 aromatic heterocycles.